The molecule has 6 heteroatoms. The standard InChI is InChI=1S/C17H19N3O3/c1-10-9-20(15-7-5-4-6-14(15)18-17(10)22)16(21)8-13-11(2)19-23-12(13)3/h4-7,10H,8-9H2,1-3H3,(H,18,22). The van der Waals surface area contributed by atoms with E-state index >= 15 is 0 Å². The van der Waals surface area contributed by atoms with Gasteiger partial charge in [-0.3, -0.25) is 9.59 Å². The van der Waals surface area contributed by atoms with Crippen molar-refractivity contribution in [1.29, 1.82) is 0 Å². The largest absolute Gasteiger partial charge is 0.361 e. The molecule has 1 aliphatic heterocycles. The lowest BCUT2D eigenvalue weighted by Gasteiger charge is -2.23. The third kappa shape index (κ3) is 2.84. The van der Waals surface area contributed by atoms with Crippen LogP contribution in [-0.2, 0) is 16.0 Å². The lowest BCUT2D eigenvalue weighted by Crippen LogP contribution is -2.37. The van der Waals surface area contributed by atoms with Gasteiger partial charge >= 0.3 is 0 Å². The number of hydrogen-bond donors (Lipinski definition) is 1. The Morgan fingerprint density at radius 2 is 2.13 bits per heavy atom. The van der Waals surface area contributed by atoms with Gasteiger partial charge in [0.1, 0.15) is 5.76 Å². The molecule has 0 aliphatic carbocycles. The number of nitrogens with one attached hydrogen (secondary N) is 1. The number of hydrogen-bond acceptors (Lipinski definition) is 4. The van der Waals surface area contributed by atoms with Crippen molar-refractivity contribution in [3.8, 4) is 0 Å². The first-order valence-electron chi connectivity index (χ1n) is 7.59. The molecule has 0 fully saturated rings. The highest BCUT2D eigenvalue weighted by Gasteiger charge is 2.29. The molecule has 1 aliphatic rings. The van der Waals surface area contributed by atoms with Crippen LogP contribution in [-0.4, -0.2) is 23.5 Å². The molecule has 0 bridgehead atoms. The smallest absolute Gasteiger partial charge is 0.231 e. The van der Waals surface area contributed by atoms with Crippen LogP contribution in [0, 0.1) is 19.8 Å². The summed E-state index contributed by atoms with van der Waals surface area (Å²) in [5.74, 6) is 0.220. The Kier molecular flexibility index (Phi) is 3.90. The Hall–Kier alpha value is -2.63. The van der Waals surface area contributed by atoms with Gasteiger partial charge in [0.15, 0.2) is 0 Å². The second kappa shape index (κ2) is 5.87. The Bertz CT molecular complexity index is 747. The molecule has 2 amide bonds. The Morgan fingerprint density at radius 3 is 2.83 bits per heavy atom. The van der Waals surface area contributed by atoms with Crippen LogP contribution in [0.3, 0.4) is 0 Å². The summed E-state index contributed by atoms with van der Waals surface area (Å²) in [7, 11) is 0. The number of carbonyl (C=O) groups is 2. The van der Waals surface area contributed by atoms with Gasteiger partial charge in [0.2, 0.25) is 11.8 Å². The molecule has 1 atom stereocenters. The molecule has 1 aromatic heterocycles. The van der Waals surface area contributed by atoms with E-state index in [-0.39, 0.29) is 24.2 Å². The van der Waals surface area contributed by atoms with Gasteiger partial charge in [0, 0.05) is 12.1 Å². The monoisotopic (exact) mass is 313 g/mol. The number of nitrogens with zero attached hydrogens (tertiary/aromatic N) is 2. The topological polar surface area (TPSA) is 75.4 Å². The molecular formula is C17H19N3O3. The van der Waals surface area contributed by atoms with Crippen molar-refractivity contribution in [1.82, 2.24) is 5.16 Å². The zero-order valence-electron chi connectivity index (χ0n) is 13.4. The van der Waals surface area contributed by atoms with E-state index in [0.29, 0.717) is 18.0 Å². The predicted octanol–water partition coefficient (Wildman–Crippen LogP) is 2.46. The Morgan fingerprint density at radius 1 is 1.39 bits per heavy atom. The fourth-order valence-electron chi connectivity index (χ4n) is 2.76. The summed E-state index contributed by atoms with van der Waals surface area (Å²) in [6.45, 7) is 5.79. The summed E-state index contributed by atoms with van der Waals surface area (Å²) >= 11 is 0. The number of anilines is 2. The van der Waals surface area contributed by atoms with Crippen molar-refractivity contribution in [2.75, 3.05) is 16.8 Å². The maximum absolute atomic E-state index is 12.9. The maximum atomic E-state index is 12.9. The fourth-order valence-corrected chi connectivity index (χ4v) is 2.76. The van der Waals surface area contributed by atoms with Gasteiger partial charge in [-0.05, 0) is 26.0 Å². The van der Waals surface area contributed by atoms with Gasteiger partial charge in [0.25, 0.3) is 0 Å². The summed E-state index contributed by atoms with van der Waals surface area (Å²) in [4.78, 5) is 26.6. The molecule has 1 aromatic carbocycles. The normalized spacial score (nSPS) is 17.4. The number of para-hydroxylation sites is 2. The molecule has 2 heterocycles. The second-order valence-corrected chi connectivity index (χ2v) is 5.89. The fraction of sp³-hybridized carbons (Fsp3) is 0.353. The van der Waals surface area contributed by atoms with E-state index in [1.54, 1.807) is 11.8 Å². The summed E-state index contributed by atoms with van der Waals surface area (Å²) in [6, 6.07) is 7.35. The average Bonchev–Trinajstić information content (AvgIpc) is 2.77. The van der Waals surface area contributed by atoms with Crippen LogP contribution in [0.25, 0.3) is 0 Å². The van der Waals surface area contributed by atoms with E-state index in [0.717, 1.165) is 16.9 Å². The zero-order chi connectivity index (χ0) is 16.6. The van der Waals surface area contributed by atoms with Gasteiger partial charge < -0.3 is 14.7 Å². The molecule has 0 spiro atoms. The summed E-state index contributed by atoms with van der Waals surface area (Å²) in [5, 5.41) is 6.77. The van der Waals surface area contributed by atoms with Crippen LogP contribution in [0.1, 0.15) is 23.9 Å². The zero-order valence-corrected chi connectivity index (χ0v) is 13.4. The highest BCUT2D eigenvalue weighted by Crippen LogP contribution is 2.30. The van der Waals surface area contributed by atoms with Gasteiger partial charge in [0.05, 0.1) is 29.4 Å². The van der Waals surface area contributed by atoms with Crippen LogP contribution in [0.5, 0.6) is 0 Å². The quantitative estimate of drug-likeness (QED) is 0.924. The van der Waals surface area contributed by atoms with Crippen molar-refractivity contribution in [2.45, 2.75) is 27.2 Å². The maximum Gasteiger partial charge on any atom is 0.231 e. The SMILES string of the molecule is Cc1noc(C)c1CC(=O)N1CC(C)C(=O)Nc2ccccc21. The molecule has 1 unspecified atom stereocenters. The number of fused-ring (bicyclic) bond motifs is 1. The first-order valence-corrected chi connectivity index (χ1v) is 7.59. The van der Waals surface area contributed by atoms with E-state index in [1.165, 1.54) is 0 Å². The number of aromatic nitrogens is 1. The van der Waals surface area contributed by atoms with Crippen LogP contribution in [0.4, 0.5) is 11.4 Å². The third-order valence-electron chi connectivity index (χ3n) is 4.17. The molecular weight excluding hydrogens is 294 g/mol. The van der Waals surface area contributed by atoms with E-state index < -0.39 is 0 Å². The third-order valence-corrected chi connectivity index (χ3v) is 4.17. The second-order valence-electron chi connectivity index (χ2n) is 5.89. The lowest BCUT2D eigenvalue weighted by atomic mass is 10.1. The van der Waals surface area contributed by atoms with Crippen LogP contribution >= 0.6 is 0 Å². The molecule has 0 saturated carbocycles. The van der Waals surface area contributed by atoms with Crippen molar-refractivity contribution < 1.29 is 14.1 Å². The summed E-state index contributed by atoms with van der Waals surface area (Å²) in [6.07, 6.45) is 0.205. The Balaban J connectivity index is 1.94. The highest BCUT2D eigenvalue weighted by molar-refractivity contribution is 6.05. The van der Waals surface area contributed by atoms with Crippen molar-refractivity contribution in [2.24, 2.45) is 5.92 Å². The van der Waals surface area contributed by atoms with Crippen LogP contribution < -0.4 is 10.2 Å². The van der Waals surface area contributed by atoms with E-state index in [1.807, 2.05) is 38.1 Å². The Labute approximate surface area is 134 Å². The minimum atomic E-state index is -0.281. The molecule has 0 saturated heterocycles. The lowest BCUT2D eigenvalue weighted by molar-refractivity contribution is -0.119. The number of amides is 2. The molecule has 6 nitrogen and oxygen atoms in total. The number of carbonyl (C=O) groups excluding carboxylic acids is 2. The molecule has 0 radical (unpaired) electrons. The van der Waals surface area contributed by atoms with E-state index in [9.17, 15) is 9.59 Å². The van der Waals surface area contributed by atoms with Gasteiger partial charge in [-0.1, -0.05) is 24.2 Å². The minimum Gasteiger partial charge on any atom is -0.361 e. The van der Waals surface area contributed by atoms with E-state index in [4.69, 9.17) is 4.52 Å². The average molecular weight is 313 g/mol. The first-order chi connectivity index (χ1) is 11.0. The number of aryl methyl sites for hydroxylation is 2. The van der Waals surface area contributed by atoms with Gasteiger partial charge in [-0.2, -0.15) is 0 Å². The predicted molar refractivity (Wildman–Crippen MR) is 86.3 cm³/mol. The molecule has 3 rings (SSSR count). The van der Waals surface area contributed by atoms with Gasteiger partial charge in [-0.25, -0.2) is 0 Å². The number of rotatable bonds is 2. The molecule has 23 heavy (non-hydrogen) atoms. The van der Waals surface area contributed by atoms with Crippen molar-refractivity contribution >= 4 is 23.2 Å². The van der Waals surface area contributed by atoms with Crippen LogP contribution in [0.15, 0.2) is 28.8 Å². The number of benzene rings is 1. The molecule has 120 valence electrons. The highest BCUT2D eigenvalue weighted by atomic mass is 16.5. The van der Waals surface area contributed by atoms with Crippen LogP contribution in [0.2, 0.25) is 0 Å². The summed E-state index contributed by atoms with van der Waals surface area (Å²) < 4.78 is 5.13. The summed E-state index contributed by atoms with van der Waals surface area (Å²) in [5.41, 5.74) is 2.92. The van der Waals surface area contributed by atoms with Gasteiger partial charge in [-0.15, -0.1) is 0 Å². The van der Waals surface area contributed by atoms with E-state index in [2.05, 4.69) is 10.5 Å². The minimum absolute atomic E-state index is 0.0739. The van der Waals surface area contributed by atoms with Crippen molar-refractivity contribution in [3.05, 3.63) is 41.3 Å². The molecule has 2 aromatic rings. The first kappa shape index (κ1) is 15.3. The molecule has 1 N–H and O–H groups in total. The van der Waals surface area contributed by atoms with Crippen molar-refractivity contribution in [3.63, 3.8) is 0 Å².